The Labute approximate surface area is 164 Å². The molecule has 1 saturated carbocycles. The summed E-state index contributed by atoms with van der Waals surface area (Å²) in [4.78, 5) is 39.2. The molecule has 1 aliphatic heterocycles. The lowest BCUT2D eigenvalue weighted by Gasteiger charge is -2.25. The van der Waals surface area contributed by atoms with Gasteiger partial charge in [-0.15, -0.1) is 0 Å². The van der Waals surface area contributed by atoms with Crippen molar-refractivity contribution in [1.29, 1.82) is 0 Å². The third kappa shape index (κ3) is 3.57. The van der Waals surface area contributed by atoms with E-state index in [1.807, 2.05) is 30.3 Å². The molecule has 0 spiro atoms. The molecule has 4 rings (SSSR count). The molecule has 28 heavy (non-hydrogen) atoms. The molecule has 0 N–H and O–H groups in total. The van der Waals surface area contributed by atoms with Crippen molar-refractivity contribution in [2.24, 2.45) is 17.8 Å². The molecule has 0 unspecified atom stereocenters. The zero-order valence-electron chi connectivity index (χ0n) is 15.8. The molecule has 2 aromatic carbocycles. The number of carbonyl (C=O) groups excluding carboxylic acids is 3. The number of hydrogen-bond donors (Lipinski definition) is 0. The van der Waals surface area contributed by atoms with Crippen molar-refractivity contribution in [2.45, 2.75) is 32.6 Å². The first-order valence-electron chi connectivity index (χ1n) is 9.75. The Hall–Kier alpha value is -2.95. The summed E-state index contributed by atoms with van der Waals surface area (Å²) in [5.74, 6) is -0.284. The van der Waals surface area contributed by atoms with Crippen LogP contribution in [0.1, 0.15) is 31.7 Å². The van der Waals surface area contributed by atoms with Crippen LogP contribution in [0.2, 0.25) is 0 Å². The van der Waals surface area contributed by atoms with E-state index in [0.717, 1.165) is 24.8 Å². The molecule has 1 aliphatic carbocycles. The third-order valence-corrected chi connectivity index (χ3v) is 5.69. The van der Waals surface area contributed by atoms with Gasteiger partial charge in [0.05, 0.1) is 23.9 Å². The molecule has 1 heterocycles. The number of carbonyl (C=O) groups is 3. The molecule has 5 heteroatoms. The molecule has 3 atom stereocenters. The van der Waals surface area contributed by atoms with Crippen LogP contribution < -0.4 is 9.64 Å². The number of ether oxygens (including phenoxy) is 1. The predicted molar refractivity (Wildman–Crippen MR) is 105 cm³/mol. The maximum atomic E-state index is 12.9. The second-order valence-corrected chi connectivity index (χ2v) is 7.78. The van der Waals surface area contributed by atoms with E-state index in [1.54, 1.807) is 24.3 Å². The van der Waals surface area contributed by atoms with Crippen LogP contribution in [-0.2, 0) is 20.8 Å². The molecule has 2 aromatic rings. The SMILES string of the molecule is C[C@H]1CC[C@H]2C(=O)N(c3cccc(OC(=O)Cc4ccccc4)c3)C(=O)[C@@H]2C1. The standard InChI is InChI=1S/C23H23NO4/c1-15-10-11-19-20(12-15)23(27)24(22(19)26)17-8-5-9-18(14-17)28-21(25)13-16-6-3-2-4-7-16/h2-9,14-15,19-20H,10-13H2,1H3/t15-,19+,20+/m0/s1. The summed E-state index contributed by atoms with van der Waals surface area (Å²) in [7, 11) is 0. The number of benzene rings is 2. The van der Waals surface area contributed by atoms with Crippen molar-refractivity contribution in [1.82, 2.24) is 0 Å². The van der Waals surface area contributed by atoms with Gasteiger partial charge in [0.1, 0.15) is 5.75 Å². The van der Waals surface area contributed by atoms with Crippen molar-refractivity contribution in [3.05, 3.63) is 60.2 Å². The van der Waals surface area contributed by atoms with Gasteiger partial charge in [0, 0.05) is 6.07 Å². The number of esters is 1. The summed E-state index contributed by atoms with van der Waals surface area (Å²) in [6.45, 7) is 2.13. The van der Waals surface area contributed by atoms with E-state index in [4.69, 9.17) is 4.74 Å². The lowest BCUT2D eigenvalue weighted by Crippen LogP contribution is -2.30. The first-order chi connectivity index (χ1) is 13.5. The number of fused-ring (bicyclic) bond motifs is 1. The Bertz CT molecular complexity index is 908. The molecule has 2 fully saturated rings. The summed E-state index contributed by atoms with van der Waals surface area (Å²) in [6.07, 6.45) is 2.66. The summed E-state index contributed by atoms with van der Waals surface area (Å²) >= 11 is 0. The van der Waals surface area contributed by atoms with Gasteiger partial charge >= 0.3 is 5.97 Å². The number of imide groups is 1. The van der Waals surface area contributed by atoms with Crippen LogP contribution >= 0.6 is 0 Å². The van der Waals surface area contributed by atoms with E-state index in [9.17, 15) is 14.4 Å². The minimum absolute atomic E-state index is 0.130. The molecule has 2 amide bonds. The quantitative estimate of drug-likeness (QED) is 0.462. The van der Waals surface area contributed by atoms with E-state index in [-0.39, 0.29) is 36.0 Å². The van der Waals surface area contributed by atoms with Crippen LogP contribution in [0.4, 0.5) is 5.69 Å². The zero-order chi connectivity index (χ0) is 19.7. The zero-order valence-corrected chi connectivity index (χ0v) is 15.8. The molecule has 2 aliphatic rings. The van der Waals surface area contributed by atoms with Crippen LogP contribution in [0.15, 0.2) is 54.6 Å². The minimum atomic E-state index is -0.384. The van der Waals surface area contributed by atoms with Gasteiger partial charge in [-0.2, -0.15) is 0 Å². The first-order valence-corrected chi connectivity index (χ1v) is 9.75. The fourth-order valence-electron chi connectivity index (χ4n) is 4.26. The van der Waals surface area contributed by atoms with E-state index in [2.05, 4.69) is 6.92 Å². The molecule has 0 aromatic heterocycles. The van der Waals surface area contributed by atoms with Crippen molar-refractivity contribution in [2.75, 3.05) is 4.90 Å². The van der Waals surface area contributed by atoms with Crippen molar-refractivity contribution < 1.29 is 19.1 Å². The van der Waals surface area contributed by atoms with Crippen LogP contribution in [0.3, 0.4) is 0 Å². The van der Waals surface area contributed by atoms with Gasteiger partial charge in [-0.25, -0.2) is 4.90 Å². The third-order valence-electron chi connectivity index (χ3n) is 5.69. The Morgan fingerprint density at radius 3 is 2.54 bits per heavy atom. The highest BCUT2D eigenvalue weighted by atomic mass is 16.5. The predicted octanol–water partition coefficient (Wildman–Crippen LogP) is 3.76. The lowest BCUT2D eigenvalue weighted by molar-refractivity contribution is -0.133. The topological polar surface area (TPSA) is 63.7 Å². The Morgan fingerprint density at radius 2 is 1.75 bits per heavy atom. The highest BCUT2D eigenvalue weighted by Crippen LogP contribution is 2.42. The largest absolute Gasteiger partial charge is 0.426 e. The van der Waals surface area contributed by atoms with Crippen LogP contribution in [0.5, 0.6) is 5.75 Å². The van der Waals surface area contributed by atoms with Gasteiger partial charge < -0.3 is 4.74 Å². The average molecular weight is 377 g/mol. The molecule has 0 radical (unpaired) electrons. The van der Waals surface area contributed by atoms with E-state index >= 15 is 0 Å². The van der Waals surface area contributed by atoms with Gasteiger partial charge in [-0.3, -0.25) is 14.4 Å². The minimum Gasteiger partial charge on any atom is -0.426 e. The first kappa shape index (κ1) is 18.4. The van der Waals surface area contributed by atoms with Crippen molar-refractivity contribution in [3.63, 3.8) is 0 Å². The van der Waals surface area contributed by atoms with E-state index in [1.165, 1.54) is 4.90 Å². The highest BCUT2D eigenvalue weighted by Gasteiger charge is 2.50. The van der Waals surface area contributed by atoms with Gasteiger partial charge in [0.15, 0.2) is 0 Å². The van der Waals surface area contributed by atoms with Gasteiger partial charge in [0.25, 0.3) is 0 Å². The number of anilines is 1. The Kier molecular flexibility index (Phi) is 4.99. The van der Waals surface area contributed by atoms with Crippen molar-refractivity contribution in [3.8, 4) is 5.75 Å². The number of hydrogen-bond acceptors (Lipinski definition) is 4. The molecule has 144 valence electrons. The number of nitrogens with zero attached hydrogens (tertiary/aromatic N) is 1. The normalized spacial score (nSPS) is 24.2. The lowest BCUT2D eigenvalue weighted by atomic mass is 9.76. The van der Waals surface area contributed by atoms with Crippen LogP contribution in [0, 0.1) is 17.8 Å². The Balaban J connectivity index is 1.50. The fourth-order valence-corrected chi connectivity index (χ4v) is 4.26. The molecular weight excluding hydrogens is 354 g/mol. The van der Waals surface area contributed by atoms with Crippen LogP contribution in [0.25, 0.3) is 0 Å². The second kappa shape index (κ2) is 7.58. The summed E-state index contributed by atoms with van der Waals surface area (Å²) in [5, 5.41) is 0. The molecular formula is C23H23NO4. The van der Waals surface area contributed by atoms with Gasteiger partial charge in [0.2, 0.25) is 11.8 Å². The maximum absolute atomic E-state index is 12.9. The highest BCUT2D eigenvalue weighted by molar-refractivity contribution is 6.22. The average Bonchev–Trinajstić information content (AvgIpc) is 2.92. The molecule has 1 saturated heterocycles. The van der Waals surface area contributed by atoms with Crippen LogP contribution in [-0.4, -0.2) is 17.8 Å². The smallest absolute Gasteiger partial charge is 0.315 e. The summed E-state index contributed by atoms with van der Waals surface area (Å²) < 4.78 is 5.44. The maximum Gasteiger partial charge on any atom is 0.315 e. The fraction of sp³-hybridized carbons (Fsp3) is 0.348. The molecule has 0 bridgehead atoms. The van der Waals surface area contributed by atoms with Crippen molar-refractivity contribution >= 4 is 23.5 Å². The van der Waals surface area contributed by atoms with E-state index in [0.29, 0.717) is 17.4 Å². The summed E-state index contributed by atoms with van der Waals surface area (Å²) in [6, 6.07) is 16.0. The van der Waals surface area contributed by atoms with E-state index < -0.39 is 0 Å². The Morgan fingerprint density at radius 1 is 1.00 bits per heavy atom. The molecule has 5 nitrogen and oxygen atoms in total. The number of amides is 2. The second-order valence-electron chi connectivity index (χ2n) is 7.78. The van der Waals surface area contributed by atoms with Gasteiger partial charge in [-0.05, 0) is 42.9 Å². The van der Waals surface area contributed by atoms with Gasteiger partial charge in [-0.1, -0.05) is 43.3 Å². The monoisotopic (exact) mass is 377 g/mol. The number of rotatable bonds is 4. The summed E-state index contributed by atoms with van der Waals surface area (Å²) in [5.41, 5.74) is 1.34.